The topological polar surface area (TPSA) is 46.6 Å². The van der Waals surface area contributed by atoms with Crippen LogP contribution in [0, 0.1) is 0 Å². The summed E-state index contributed by atoms with van der Waals surface area (Å²) >= 11 is 1.81. The lowest BCUT2D eigenvalue weighted by molar-refractivity contribution is 0.122. The monoisotopic (exact) mass is 299 g/mol. The van der Waals surface area contributed by atoms with E-state index in [0.717, 1.165) is 51.1 Å². The van der Waals surface area contributed by atoms with Gasteiger partial charge in [-0.05, 0) is 5.92 Å². The van der Waals surface area contributed by atoms with E-state index in [4.69, 9.17) is 14.5 Å². The molecule has 2 rings (SSSR count). The predicted octanol–water partition coefficient (Wildman–Crippen LogP) is 1.84. The van der Waals surface area contributed by atoms with Crippen molar-refractivity contribution in [3.63, 3.8) is 0 Å². The Morgan fingerprint density at radius 1 is 1.40 bits per heavy atom. The van der Waals surface area contributed by atoms with Crippen LogP contribution in [-0.2, 0) is 16.0 Å². The highest BCUT2D eigenvalue weighted by Gasteiger charge is 2.19. The molecule has 0 unspecified atom stereocenters. The Kier molecular flexibility index (Phi) is 6.22. The summed E-state index contributed by atoms with van der Waals surface area (Å²) in [5.41, 5.74) is 1.22. The van der Waals surface area contributed by atoms with Crippen LogP contribution in [0.25, 0.3) is 0 Å². The van der Waals surface area contributed by atoms with Crippen molar-refractivity contribution in [2.45, 2.75) is 26.3 Å². The first-order valence-electron chi connectivity index (χ1n) is 7.24. The Morgan fingerprint density at radius 2 is 2.15 bits per heavy atom. The molecule has 20 heavy (non-hydrogen) atoms. The maximum atomic E-state index is 5.41. The van der Waals surface area contributed by atoms with Crippen LogP contribution in [0.15, 0.2) is 0 Å². The third kappa shape index (κ3) is 4.15. The van der Waals surface area contributed by atoms with Gasteiger partial charge in [-0.15, -0.1) is 11.3 Å². The minimum atomic E-state index is 0.459. The van der Waals surface area contributed by atoms with Gasteiger partial charge in [0.15, 0.2) is 5.13 Å². The van der Waals surface area contributed by atoms with Gasteiger partial charge in [0.2, 0.25) is 0 Å². The molecule has 1 aliphatic rings. The summed E-state index contributed by atoms with van der Waals surface area (Å²) in [5, 5.41) is 4.56. The average molecular weight is 299 g/mol. The van der Waals surface area contributed by atoms with Crippen molar-refractivity contribution < 1.29 is 9.47 Å². The zero-order chi connectivity index (χ0) is 14.4. The van der Waals surface area contributed by atoms with E-state index in [-0.39, 0.29) is 0 Å². The summed E-state index contributed by atoms with van der Waals surface area (Å²) in [6, 6.07) is 0. The van der Waals surface area contributed by atoms with E-state index in [9.17, 15) is 0 Å². The van der Waals surface area contributed by atoms with Gasteiger partial charge in [0.1, 0.15) is 0 Å². The number of thiazole rings is 1. The van der Waals surface area contributed by atoms with E-state index in [2.05, 4.69) is 24.1 Å². The molecular formula is C14H25N3O2S. The zero-order valence-corrected chi connectivity index (χ0v) is 13.5. The number of ether oxygens (including phenoxy) is 2. The second kappa shape index (κ2) is 7.93. The molecule has 6 heteroatoms. The third-order valence-corrected chi connectivity index (χ3v) is 4.45. The number of nitrogens with zero attached hydrogens (tertiary/aromatic N) is 2. The Morgan fingerprint density at radius 3 is 2.80 bits per heavy atom. The van der Waals surface area contributed by atoms with E-state index in [0.29, 0.717) is 5.92 Å². The highest BCUT2D eigenvalue weighted by atomic mass is 32.1. The largest absolute Gasteiger partial charge is 0.383 e. The van der Waals surface area contributed by atoms with Gasteiger partial charge in [0, 0.05) is 38.2 Å². The highest BCUT2D eigenvalue weighted by Crippen LogP contribution is 2.31. The van der Waals surface area contributed by atoms with Crippen molar-refractivity contribution in [1.82, 2.24) is 10.3 Å². The summed E-state index contributed by atoms with van der Waals surface area (Å²) in [7, 11) is 1.73. The Balaban J connectivity index is 2.02. The molecule has 0 amide bonds. The van der Waals surface area contributed by atoms with Crippen LogP contribution in [0.3, 0.4) is 0 Å². The van der Waals surface area contributed by atoms with Crippen LogP contribution in [-0.4, -0.2) is 51.5 Å². The van der Waals surface area contributed by atoms with E-state index in [1.54, 1.807) is 7.11 Å². The maximum Gasteiger partial charge on any atom is 0.185 e. The van der Waals surface area contributed by atoms with Gasteiger partial charge in [-0.25, -0.2) is 4.98 Å². The third-order valence-electron chi connectivity index (χ3n) is 3.31. The molecule has 1 aromatic rings. The lowest BCUT2D eigenvalue weighted by Gasteiger charge is -2.26. The number of rotatable bonds is 7. The molecule has 5 nitrogen and oxygen atoms in total. The van der Waals surface area contributed by atoms with Crippen LogP contribution in [0.4, 0.5) is 5.13 Å². The number of anilines is 1. The lowest BCUT2D eigenvalue weighted by atomic mass is 10.1. The zero-order valence-electron chi connectivity index (χ0n) is 12.6. The van der Waals surface area contributed by atoms with Gasteiger partial charge in [-0.3, -0.25) is 0 Å². The van der Waals surface area contributed by atoms with Crippen molar-refractivity contribution in [3.8, 4) is 0 Å². The minimum absolute atomic E-state index is 0.459. The highest BCUT2D eigenvalue weighted by molar-refractivity contribution is 7.15. The number of hydrogen-bond acceptors (Lipinski definition) is 6. The molecule has 0 bridgehead atoms. The first-order valence-corrected chi connectivity index (χ1v) is 8.06. The molecule has 0 atom stereocenters. The maximum absolute atomic E-state index is 5.41. The van der Waals surface area contributed by atoms with E-state index >= 15 is 0 Å². The molecular weight excluding hydrogens is 274 g/mol. The minimum Gasteiger partial charge on any atom is -0.383 e. The first kappa shape index (κ1) is 15.7. The van der Waals surface area contributed by atoms with Crippen LogP contribution < -0.4 is 10.2 Å². The Labute approximate surface area is 125 Å². The molecule has 0 aromatic carbocycles. The van der Waals surface area contributed by atoms with Gasteiger partial charge in [-0.1, -0.05) is 13.8 Å². The van der Waals surface area contributed by atoms with Crippen molar-refractivity contribution >= 4 is 16.5 Å². The van der Waals surface area contributed by atoms with Crippen LogP contribution in [0.2, 0.25) is 0 Å². The lowest BCUT2D eigenvalue weighted by Crippen LogP contribution is -2.36. The van der Waals surface area contributed by atoms with Gasteiger partial charge in [-0.2, -0.15) is 0 Å². The van der Waals surface area contributed by atoms with Crippen LogP contribution in [0.5, 0.6) is 0 Å². The van der Waals surface area contributed by atoms with Gasteiger partial charge in [0.05, 0.1) is 25.5 Å². The second-order valence-electron chi connectivity index (χ2n) is 5.23. The van der Waals surface area contributed by atoms with Crippen LogP contribution in [0.1, 0.15) is 30.3 Å². The number of nitrogens with one attached hydrogen (secondary N) is 1. The second-order valence-corrected chi connectivity index (χ2v) is 6.29. The fourth-order valence-electron chi connectivity index (χ4n) is 2.19. The van der Waals surface area contributed by atoms with Gasteiger partial charge < -0.3 is 19.7 Å². The fraction of sp³-hybridized carbons (Fsp3) is 0.786. The van der Waals surface area contributed by atoms with Gasteiger partial charge in [0.25, 0.3) is 0 Å². The molecule has 1 aromatic heterocycles. The fourth-order valence-corrected chi connectivity index (χ4v) is 3.43. The molecule has 0 radical (unpaired) electrons. The van der Waals surface area contributed by atoms with E-state index in [1.807, 2.05) is 11.3 Å². The van der Waals surface area contributed by atoms with Crippen molar-refractivity contribution in [2.24, 2.45) is 0 Å². The summed E-state index contributed by atoms with van der Waals surface area (Å²) in [5.74, 6) is 0.459. The summed E-state index contributed by atoms with van der Waals surface area (Å²) < 4.78 is 10.5. The first-order chi connectivity index (χ1) is 9.72. The predicted molar refractivity (Wildman–Crippen MR) is 82.8 cm³/mol. The van der Waals surface area contributed by atoms with E-state index in [1.165, 1.54) is 10.6 Å². The molecule has 1 N–H and O–H groups in total. The molecule has 1 saturated heterocycles. The standard InChI is InChI=1S/C14H25N3O2S/c1-11(2)13-12(10-15-4-7-18-3)20-14(16-13)17-5-8-19-9-6-17/h11,15H,4-10H2,1-3H3. The smallest absolute Gasteiger partial charge is 0.185 e. The Bertz CT molecular complexity index is 403. The van der Waals surface area contributed by atoms with Crippen molar-refractivity contribution in [1.29, 1.82) is 0 Å². The number of hydrogen-bond donors (Lipinski definition) is 1. The Hall–Kier alpha value is -0.690. The SMILES string of the molecule is COCCNCc1sc(N2CCOCC2)nc1C(C)C. The molecule has 0 aliphatic carbocycles. The van der Waals surface area contributed by atoms with Crippen molar-refractivity contribution in [3.05, 3.63) is 10.6 Å². The van der Waals surface area contributed by atoms with Gasteiger partial charge >= 0.3 is 0 Å². The molecule has 114 valence electrons. The van der Waals surface area contributed by atoms with E-state index < -0.39 is 0 Å². The molecule has 2 heterocycles. The number of methoxy groups -OCH3 is 1. The summed E-state index contributed by atoms with van der Waals surface area (Å²) in [6.45, 7) is 10.4. The molecule has 1 aliphatic heterocycles. The molecule has 0 spiro atoms. The average Bonchev–Trinajstić information content (AvgIpc) is 2.89. The normalized spacial score (nSPS) is 16.1. The number of morpholine rings is 1. The van der Waals surface area contributed by atoms with Crippen molar-refractivity contribution in [2.75, 3.05) is 51.5 Å². The summed E-state index contributed by atoms with van der Waals surface area (Å²) in [4.78, 5) is 8.53. The number of aromatic nitrogens is 1. The quantitative estimate of drug-likeness (QED) is 0.779. The molecule has 0 saturated carbocycles. The molecule has 1 fully saturated rings. The summed E-state index contributed by atoms with van der Waals surface area (Å²) in [6.07, 6.45) is 0. The van der Waals surface area contributed by atoms with Crippen LogP contribution >= 0.6 is 11.3 Å².